The van der Waals surface area contributed by atoms with Crippen LogP contribution in [-0.4, -0.2) is 81.1 Å². The average molecular weight is 602 g/mol. The second-order valence-corrected chi connectivity index (χ2v) is 13.6. The molecule has 0 bridgehead atoms. The van der Waals surface area contributed by atoms with Crippen LogP contribution < -0.4 is 15.4 Å². The Kier molecular flexibility index (Phi) is 11.8. The maximum Gasteiger partial charge on any atom is 0.238 e. The van der Waals surface area contributed by atoms with Crippen LogP contribution in [0.2, 0.25) is 0 Å². The Balaban J connectivity index is 1.58. The van der Waals surface area contributed by atoms with E-state index >= 15 is 0 Å². The van der Waals surface area contributed by atoms with E-state index in [4.69, 9.17) is 9.47 Å². The van der Waals surface area contributed by atoms with Crippen LogP contribution in [0.5, 0.6) is 5.75 Å². The minimum absolute atomic E-state index is 0.0125. The average Bonchev–Trinajstić information content (AvgIpc) is 3.33. The van der Waals surface area contributed by atoms with Gasteiger partial charge in [0.1, 0.15) is 11.8 Å². The van der Waals surface area contributed by atoms with E-state index < -0.39 is 28.2 Å². The molecule has 1 heterocycles. The molecule has 0 aromatic heterocycles. The van der Waals surface area contributed by atoms with Gasteiger partial charge in [-0.1, -0.05) is 56.2 Å². The molecule has 3 N–H and O–H groups in total. The van der Waals surface area contributed by atoms with Gasteiger partial charge in [-0.2, -0.15) is 4.31 Å². The molecule has 0 saturated carbocycles. The van der Waals surface area contributed by atoms with Gasteiger partial charge in [0.15, 0.2) is 0 Å². The van der Waals surface area contributed by atoms with Gasteiger partial charge in [0.2, 0.25) is 15.9 Å². The van der Waals surface area contributed by atoms with E-state index in [1.165, 1.54) is 16.9 Å². The number of fused-ring (bicyclic) bond motifs is 3. The van der Waals surface area contributed by atoms with Crippen molar-refractivity contribution in [1.29, 1.82) is 0 Å². The molecule has 0 radical (unpaired) electrons. The van der Waals surface area contributed by atoms with E-state index in [0.29, 0.717) is 38.7 Å². The van der Waals surface area contributed by atoms with Gasteiger partial charge >= 0.3 is 0 Å². The number of benzene rings is 2. The summed E-state index contributed by atoms with van der Waals surface area (Å²) in [5, 5.41) is 18.1. The monoisotopic (exact) mass is 601 g/mol. The number of amides is 1. The molecule has 1 aliphatic carbocycles. The molecule has 10 heteroatoms. The number of β-amino-alcohol motifs (C(OH)–C–C–N with tert-alkyl or cyclic N) is 1. The first-order valence-corrected chi connectivity index (χ1v) is 16.8. The van der Waals surface area contributed by atoms with Gasteiger partial charge in [0.25, 0.3) is 0 Å². The van der Waals surface area contributed by atoms with Crippen LogP contribution in [0.4, 0.5) is 0 Å². The standard InChI is InChI=1S/C32H47N3O6S/c1-4-5-11-18-42(38,39)35(2)28-14-9-10-17-41-30-20-24-15-16-25(40-3)21-26(24)31(30)33-22-29(36)27(34-32(28)37)19-23-12-7-6-8-13-23/h6-8,12-13,15-16,21,27-31,33,36H,4-5,9-11,14,17-20,22H2,1-3H3,(H,34,37)/t27-,28-,29+,30-,31+/m0/s1. The molecule has 1 amide bonds. The fourth-order valence-electron chi connectivity index (χ4n) is 5.95. The van der Waals surface area contributed by atoms with Crippen molar-refractivity contribution in [2.45, 2.75) is 88.6 Å². The Bertz CT molecular complexity index is 1260. The van der Waals surface area contributed by atoms with Gasteiger partial charge in [-0.05, 0) is 60.9 Å². The van der Waals surface area contributed by atoms with E-state index in [-0.39, 0.29) is 30.4 Å². The number of likely N-dealkylation sites (N-methyl/N-ethyl adjacent to an activating group) is 1. The van der Waals surface area contributed by atoms with E-state index in [1.807, 2.05) is 49.4 Å². The zero-order valence-corrected chi connectivity index (χ0v) is 25.9. The number of carbonyl (C=O) groups excluding carboxylic acids is 1. The first kappa shape index (κ1) is 32.4. The van der Waals surface area contributed by atoms with Crippen molar-refractivity contribution < 1.29 is 27.8 Å². The summed E-state index contributed by atoms with van der Waals surface area (Å²) >= 11 is 0. The van der Waals surface area contributed by atoms with Crippen molar-refractivity contribution >= 4 is 15.9 Å². The minimum Gasteiger partial charge on any atom is -0.497 e. The Morgan fingerprint density at radius 1 is 1.12 bits per heavy atom. The fourth-order valence-corrected chi connectivity index (χ4v) is 7.40. The van der Waals surface area contributed by atoms with Gasteiger partial charge in [-0.3, -0.25) is 4.79 Å². The maximum absolute atomic E-state index is 13.8. The second kappa shape index (κ2) is 15.3. The lowest BCUT2D eigenvalue weighted by Gasteiger charge is -2.32. The lowest BCUT2D eigenvalue weighted by Crippen LogP contribution is -2.55. The number of nitrogens with one attached hydrogen (secondary N) is 2. The van der Waals surface area contributed by atoms with E-state index in [9.17, 15) is 18.3 Å². The molecule has 2 aliphatic rings. The molecular weight excluding hydrogens is 554 g/mol. The predicted octanol–water partition coefficient (Wildman–Crippen LogP) is 3.36. The lowest BCUT2D eigenvalue weighted by atomic mass is 9.99. The SMILES string of the molecule is CCCCCS(=O)(=O)N(C)[C@H]1CCCCO[C@H]2Cc3ccc(OC)cc3[C@H]2NC[C@@H](O)[C@H](Cc2ccccc2)NC1=O. The summed E-state index contributed by atoms with van der Waals surface area (Å²) in [6, 6.07) is 14.1. The van der Waals surface area contributed by atoms with Crippen LogP contribution in [0.15, 0.2) is 48.5 Å². The lowest BCUT2D eigenvalue weighted by molar-refractivity contribution is -0.126. The number of carbonyl (C=O) groups is 1. The number of ether oxygens (including phenoxy) is 2. The first-order chi connectivity index (χ1) is 20.2. The molecule has 2 aromatic rings. The zero-order chi connectivity index (χ0) is 30.1. The number of unbranched alkanes of at least 4 members (excludes halogenated alkanes) is 2. The summed E-state index contributed by atoms with van der Waals surface area (Å²) in [5.41, 5.74) is 3.25. The summed E-state index contributed by atoms with van der Waals surface area (Å²) in [6.45, 7) is 2.74. The van der Waals surface area contributed by atoms with Crippen LogP contribution in [0.1, 0.15) is 68.2 Å². The number of nitrogens with zero attached hydrogens (tertiary/aromatic N) is 1. The zero-order valence-electron chi connectivity index (χ0n) is 25.1. The smallest absolute Gasteiger partial charge is 0.238 e. The number of aliphatic hydroxyl groups excluding tert-OH is 1. The number of rotatable bonds is 9. The highest BCUT2D eigenvalue weighted by atomic mass is 32.2. The first-order valence-electron chi connectivity index (χ1n) is 15.2. The van der Waals surface area contributed by atoms with Gasteiger partial charge in [-0.25, -0.2) is 8.42 Å². The van der Waals surface area contributed by atoms with Crippen LogP contribution in [-0.2, 0) is 32.4 Å². The summed E-state index contributed by atoms with van der Waals surface area (Å²) in [6.07, 6.45) is 4.11. The van der Waals surface area contributed by atoms with Crippen LogP contribution in [0, 0.1) is 0 Å². The van der Waals surface area contributed by atoms with Crippen molar-refractivity contribution in [2.75, 3.05) is 33.1 Å². The molecule has 5 atom stereocenters. The highest BCUT2D eigenvalue weighted by Gasteiger charge is 2.37. The highest BCUT2D eigenvalue weighted by Crippen LogP contribution is 2.36. The van der Waals surface area contributed by atoms with E-state index in [0.717, 1.165) is 36.1 Å². The molecule has 1 aliphatic heterocycles. The van der Waals surface area contributed by atoms with Crippen LogP contribution in [0.3, 0.4) is 0 Å². The number of hydrogen-bond donors (Lipinski definition) is 3. The quantitative estimate of drug-likeness (QED) is 0.378. The second-order valence-electron chi connectivity index (χ2n) is 11.5. The molecule has 232 valence electrons. The Morgan fingerprint density at radius 3 is 2.64 bits per heavy atom. The third-order valence-corrected chi connectivity index (χ3v) is 10.4. The third-order valence-electron chi connectivity index (χ3n) is 8.51. The molecule has 4 rings (SSSR count). The van der Waals surface area contributed by atoms with Crippen molar-refractivity contribution in [2.24, 2.45) is 0 Å². The highest BCUT2D eigenvalue weighted by molar-refractivity contribution is 7.89. The molecule has 1 saturated heterocycles. The summed E-state index contributed by atoms with van der Waals surface area (Å²) < 4.78 is 39.5. The summed E-state index contributed by atoms with van der Waals surface area (Å²) in [4.78, 5) is 13.8. The Morgan fingerprint density at radius 2 is 1.90 bits per heavy atom. The van der Waals surface area contributed by atoms with Crippen molar-refractivity contribution in [3.63, 3.8) is 0 Å². The van der Waals surface area contributed by atoms with Crippen molar-refractivity contribution in [3.8, 4) is 5.75 Å². The van der Waals surface area contributed by atoms with Gasteiger partial charge in [0, 0.05) is 26.6 Å². The molecule has 0 spiro atoms. The van der Waals surface area contributed by atoms with Crippen LogP contribution in [0.25, 0.3) is 0 Å². The predicted molar refractivity (Wildman–Crippen MR) is 164 cm³/mol. The number of sulfonamides is 1. The van der Waals surface area contributed by atoms with Crippen molar-refractivity contribution in [3.05, 3.63) is 65.2 Å². The summed E-state index contributed by atoms with van der Waals surface area (Å²) in [7, 11) is -0.475. The van der Waals surface area contributed by atoms with Gasteiger partial charge < -0.3 is 25.2 Å². The fraction of sp³-hybridized carbons (Fsp3) is 0.594. The van der Waals surface area contributed by atoms with Crippen molar-refractivity contribution in [1.82, 2.24) is 14.9 Å². The Labute approximate surface area is 251 Å². The molecule has 2 aromatic carbocycles. The number of methoxy groups -OCH3 is 1. The molecule has 9 nitrogen and oxygen atoms in total. The van der Waals surface area contributed by atoms with E-state index in [2.05, 4.69) is 16.7 Å². The number of aliphatic hydroxyl groups is 1. The molecular formula is C32H47N3O6S. The molecule has 42 heavy (non-hydrogen) atoms. The maximum atomic E-state index is 13.8. The largest absolute Gasteiger partial charge is 0.497 e. The van der Waals surface area contributed by atoms with Gasteiger partial charge in [-0.15, -0.1) is 0 Å². The van der Waals surface area contributed by atoms with Crippen LogP contribution >= 0.6 is 0 Å². The molecule has 0 unspecified atom stereocenters. The third kappa shape index (κ3) is 8.32. The summed E-state index contributed by atoms with van der Waals surface area (Å²) in [5.74, 6) is 0.395. The number of hydrogen-bond acceptors (Lipinski definition) is 7. The topological polar surface area (TPSA) is 117 Å². The van der Waals surface area contributed by atoms with E-state index in [1.54, 1.807) is 7.11 Å². The molecule has 1 fully saturated rings. The Hall–Kier alpha value is -2.50. The normalized spacial score (nSPS) is 25.7. The minimum atomic E-state index is -3.63. The van der Waals surface area contributed by atoms with Gasteiger partial charge in [0.05, 0.1) is 37.2 Å².